The lowest BCUT2D eigenvalue weighted by atomic mass is 9.80. The number of ketones is 1. The Morgan fingerprint density at radius 1 is 1.07 bits per heavy atom. The van der Waals surface area contributed by atoms with Crippen LogP contribution >= 0.6 is 0 Å². The van der Waals surface area contributed by atoms with Gasteiger partial charge in [0.2, 0.25) is 6.04 Å². The first-order chi connectivity index (χ1) is 14.5. The number of hydrogen-bond donors (Lipinski definition) is 1. The van der Waals surface area contributed by atoms with Gasteiger partial charge in [0.25, 0.3) is 0 Å². The second kappa shape index (κ2) is 6.97. The molecular formula is C24H24N2O4. The minimum absolute atomic E-state index is 0.123. The van der Waals surface area contributed by atoms with Crippen LogP contribution in [0.5, 0.6) is 0 Å². The van der Waals surface area contributed by atoms with Gasteiger partial charge in [0.1, 0.15) is 5.76 Å². The molecule has 3 aliphatic rings. The fourth-order valence-electron chi connectivity index (χ4n) is 5.39. The van der Waals surface area contributed by atoms with Crippen molar-refractivity contribution in [3.63, 3.8) is 0 Å². The van der Waals surface area contributed by atoms with E-state index < -0.39 is 12.0 Å². The van der Waals surface area contributed by atoms with Gasteiger partial charge in [0.15, 0.2) is 5.78 Å². The van der Waals surface area contributed by atoms with Gasteiger partial charge in [-0.1, -0.05) is 36.4 Å². The molecule has 2 atom stereocenters. The largest absolute Gasteiger partial charge is 0.507 e. The number of benzene rings is 2. The molecule has 0 spiro atoms. The molecular weight excluding hydrogens is 380 g/mol. The van der Waals surface area contributed by atoms with Crippen molar-refractivity contribution in [1.82, 2.24) is 0 Å². The molecule has 2 heterocycles. The Morgan fingerprint density at radius 3 is 2.23 bits per heavy atom. The van der Waals surface area contributed by atoms with Crippen LogP contribution in [-0.4, -0.2) is 34.9 Å². The molecule has 0 saturated heterocycles. The lowest BCUT2D eigenvalue weighted by molar-refractivity contribution is -0.520. The van der Waals surface area contributed by atoms with Crippen LogP contribution in [0.25, 0.3) is 5.76 Å². The summed E-state index contributed by atoms with van der Waals surface area (Å²) in [6.07, 6.45) is 3.99. The molecule has 154 valence electrons. The van der Waals surface area contributed by atoms with Gasteiger partial charge in [0, 0.05) is 41.8 Å². The summed E-state index contributed by atoms with van der Waals surface area (Å²) in [6.45, 7) is 3.63. The molecule has 6 heteroatoms. The Morgan fingerprint density at radius 2 is 1.67 bits per heavy atom. The van der Waals surface area contributed by atoms with E-state index in [1.807, 2.05) is 12.1 Å². The van der Waals surface area contributed by atoms with E-state index in [-0.39, 0.29) is 22.0 Å². The maximum atomic E-state index is 13.2. The predicted octanol–water partition coefficient (Wildman–Crippen LogP) is 4.30. The van der Waals surface area contributed by atoms with Gasteiger partial charge in [-0.3, -0.25) is 14.9 Å². The molecule has 1 N–H and O–H groups in total. The SMILES string of the molecule is CC(C(C1=C(O)c2ccccc2C1=O)c1cc2c3c(c1)CCCN3CCC2)[N+](=O)[O-]. The van der Waals surface area contributed by atoms with Gasteiger partial charge in [-0.05, 0) is 42.4 Å². The lowest BCUT2D eigenvalue weighted by Crippen LogP contribution is -2.35. The molecule has 0 bridgehead atoms. The van der Waals surface area contributed by atoms with Crippen molar-refractivity contribution < 1.29 is 14.8 Å². The summed E-state index contributed by atoms with van der Waals surface area (Å²) in [4.78, 5) is 27.1. The van der Waals surface area contributed by atoms with Crippen molar-refractivity contribution in [3.05, 3.63) is 79.9 Å². The van der Waals surface area contributed by atoms with Gasteiger partial charge >= 0.3 is 0 Å². The number of aliphatic hydroxyl groups is 1. The number of anilines is 1. The third-order valence-electron chi connectivity index (χ3n) is 6.77. The van der Waals surface area contributed by atoms with Crippen LogP contribution < -0.4 is 4.90 Å². The molecule has 2 aromatic rings. The highest BCUT2D eigenvalue weighted by atomic mass is 16.6. The van der Waals surface area contributed by atoms with Crippen molar-refractivity contribution in [2.75, 3.05) is 18.0 Å². The number of Topliss-reactive ketones (excluding diaryl/α,β-unsaturated/α-hetero) is 1. The molecule has 0 saturated carbocycles. The molecule has 0 radical (unpaired) electrons. The molecule has 2 aromatic carbocycles. The molecule has 0 amide bonds. The Balaban J connectivity index is 1.69. The Labute approximate surface area is 175 Å². The quantitative estimate of drug-likeness (QED) is 0.607. The number of aryl methyl sites for hydroxylation is 2. The summed E-state index contributed by atoms with van der Waals surface area (Å²) in [5.74, 6) is -1.23. The first-order valence-electron chi connectivity index (χ1n) is 10.6. The zero-order chi connectivity index (χ0) is 21.0. The highest BCUT2D eigenvalue weighted by Crippen LogP contribution is 2.44. The van der Waals surface area contributed by atoms with Gasteiger partial charge in [0.05, 0.1) is 11.5 Å². The van der Waals surface area contributed by atoms with Gasteiger partial charge in [-0.25, -0.2) is 0 Å². The second-order valence-corrected chi connectivity index (χ2v) is 8.52. The highest BCUT2D eigenvalue weighted by molar-refractivity contribution is 6.20. The van der Waals surface area contributed by atoms with Crippen molar-refractivity contribution in [2.24, 2.45) is 0 Å². The minimum Gasteiger partial charge on any atom is -0.507 e. The van der Waals surface area contributed by atoms with Gasteiger partial charge in [-0.2, -0.15) is 0 Å². The van der Waals surface area contributed by atoms with E-state index in [1.165, 1.54) is 23.7 Å². The van der Waals surface area contributed by atoms with Crippen LogP contribution in [0, 0.1) is 10.1 Å². The van der Waals surface area contributed by atoms with Crippen LogP contribution in [0.2, 0.25) is 0 Å². The van der Waals surface area contributed by atoms with E-state index >= 15 is 0 Å². The summed E-state index contributed by atoms with van der Waals surface area (Å²) < 4.78 is 0. The summed E-state index contributed by atoms with van der Waals surface area (Å²) in [5.41, 5.74) is 5.48. The zero-order valence-electron chi connectivity index (χ0n) is 16.9. The average Bonchev–Trinajstić information content (AvgIpc) is 3.00. The first kappa shape index (κ1) is 18.9. The molecule has 0 aromatic heterocycles. The lowest BCUT2D eigenvalue weighted by Gasteiger charge is -2.37. The third-order valence-corrected chi connectivity index (χ3v) is 6.77. The number of carbonyl (C=O) groups excluding carboxylic acids is 1. The van der Waals surface area contributed by atoms with Crippen LogP contribution in [0.3, 0.4) is 0 Å². The molecule has 6 nitrogen and oxygen atoms in total. The topological polar surface area (TPSA) is 83.7 Å². The van der Waals surface area contributed by atoms with Crippen LogP contribution in [0.15, 0.2) is 42.0 Å². The van der Waals surface area contributed by atoms with E-state index in [0.717, 1.165) is 44.3 Å². The summed E-state index contributed by atoms with van der Waals surface area (Å²) >= 11 is 0. The van der Waals surface area contributed by atoms with Crippen LogP contribution in [-0.2, 0) is 12.8 Å². The van der Waals surface area contributed by atoms with Crippen LogP contribution in [0.1, 0.15) is 58.3 Å². The molecule has 5 rings (SSSR count). The van der Waals surface area contributed by atoms with E-state index in [9.17, 15) is 20.0 Å². The number of nitro groups is 1. The number of hydrogen-bond acceptors (Lipinski definition) is 5. The Hall–Kier alpha value is -3.15. The van der Waals surface area contributed by atoms with Gasteiger partial charge in [-0.15, -0.1) is 0 Å². The van der Waals surface area contributed by atoms with Crippen molar-refractivity contribution in [1.29, 1.82) is 0 Å². The fourth-order valence-corrected chi connectivity index (χ4v) is 5.39. The molecule has 30 heavy (non-hydrogen) atoms. The van der Waals surface area contributed by atoms with E-state index in [2.05, 4.69) is 4.90 Å². The number of carbonyl (C=O) groups is 1. The monoisotopic (exact) mass is 404 g/mol. The van der Waals surface area contributed by atoms with Crippen molar-refractivity contribution >= 4 is 17.2 Å². The summed E-state index contributed by atoms with van der Waals surface area (Å²) in [6, 6.07) is 9.91. The molecule has 2 unspecified atom stereocenters. The second-order valence-electron chi connectivity index (χ2n) is 8.52. The number of fused-ring (bicyclic) bond motifs is 1. The maximum absolute atomic E-state index is 13.2. The van der Waals surface area contributed by atoms with E-state index in [1.54, 1.807) is 24.3 Å². The summed E-state index contributed by atoms with van der Waals surface area (Å²) in [5, 5.41) is 22.8. The predicted molar refractivity (Wildman–Crippen MR) is 115 cm³/mol. The number of rotatable bonds is 4. The molecule has 2 aliphatic heterocycles. The smallest absolute Gasteiger partial charge is 0.221 e. The average molecular weight is 404 g/mol. The number of aliphatic hydroxyl groups excluding tert-OH is 1. The number of nitrogens with zero attached hydrogens (tertiary/aromatic N) is 2. The van der Waals surface area contributed by atoms with Crippen molar-refractivity contribution in [3.8, 4) is 0 Å². The maximum Gasteiger partial charge on any atom is 0.221 e. The first-order valence-corrected chi connectivity index (χ1v) is 10.6. The highest BCUT2D eigenvalue weighted by Gasteiger charge is 2.42. The normalized spacial score (nSPS) is 19.4. The standard InChI is InChI=1S/C24H24N2O4/c1-14(26(29)30)20(21-23(27)18-8-2-3-9-19(18)24(21)28)17-12-15-6-4-10-25-11-5-7-16(13-17)22(15)25/h2-3,8-9,12-14,20,27H,4-7,10-11H2,1H3. The van der Waals surface area contributed by atoms with Crippen LogP contribution in [0.4, 0.5) is 5.69 Å². The summed E-state index contributed by atoms with van der Waals surface area (Å²) in [7, 11) is 0. The minimum atomic E-state index is -1.03. The van der Waals surface area contributed by atoms with E-state index in [0.29, 0.717) is 11.1 Å². The Kier molecular flexibility index (Phi) is 4.38. The fraction of sp³-hybridized carbons (Fsp3) is 0.375. The Bertz CT molecular complexity index is 1070. The molecule has 1 aliphatic carbocycles. The zero-order valence-corrected chi connectivity index (χ0v) is 16.9. The van der Waals surface area contributed by atoms with Crippen molar-refractivity contribution in [2.45, 2.75) is 44.6 Å². The van der Waals surface area contributed by atoms with Gasteiger partial charge < -0.3 is 10.0 Å². The third kappa shape index (κ3) is 2.74. The van der Waals surface area contributed by atoms with E-state index in [4.69, 9.17) is 0 Å². The molecule has 0 fully saturated rings.